The molecule has 0 aliphatic carbocycles. The second-order valence-corrected chi connectivity index (χ2v) is 4.94. The van der Waals surface area contributed by atoms with Crippen LogP contribution < -0.4 is 11.1 Å². The van der Waals surface area contributed by atoms with Gasteiger partial charge in [-0.25, -0.2) is 4.79 Å². The highest BCUT2D eigenvalue weighted by Crippen LogP contribution is 2.08. The number of carbonyl (C=O) groups excluding carboxylic acids is 2. The number of benzene rings is 1. The zero-order valence-corrected chi connectivity index (χ0v) is 11.4. The van der Waals surface area contributed by atoms with Crippen LogP contribution in [0, 0.1) is 5.92 Å². The van der Waals surface area contributed by atoms with Gasteiger partial charge in [-0.1, -0.05) is 19.9 Å². The van der Waals surface area contributed by atoms with Crippen LogP contribution in [0.15, 0.2) is 24.3 Å². The summed E-state index contributed by atoms with van der Waals surface area (Å²) in [6.07, 6.45) is 0.330. The molecule has 0 spiro atoms. The van der Waals surface area contributed by atoms with E-state index < -0.39 is 23.8 Å². The maximum atomic E-state index is 12.0. The lowest BCUT2D eigenvalue weighted by Gasteiger charge is -2.16. The quantitative estimate of drug-likeness (QED) is 0.721. The van der Waals surface area contributed by atoms with Crippen LogP contribution in [0.4, 0.5) is 0 Å². The molecule has 0 aromatic heterocycles. The number of carbonyl (C=O) groups is 3. The fourth-order valence-corrected chi connectivity index (χ4v) is 1.75. The SMILES string of the molecule is CC(C)C[C@@H](NC(=O)c1cccc(C(N)=O)c1)C(=O)O. The molecule has 1 aromatic rings. The number of primary amides is 1. The summed E-state index contributed by atoms with van der Waals surface area (Å²) in [6, 6.07) is 4.89. The maximum Gasteiger partial charge on any atom is 0.326 e. The molecule has 2 amide bonds. The maximum absolute atomic E-state index is 12.0. The van der Waals surface area contributed by atoms with E-state index in [1.54, 1.807) is 0 Å². The van der Waals surface area contributed by atoms with Crippen molar-refractivity contribution in [3.8, 4) is 0 Å². The summed E-state index contributed by atoms with van der Waals surface area (Å²) < 4.78 is 0. The number of rotatable bonds is 6. The molecule has 0 saturated carbocycles. The second-order valence-electron chi connectivity index (χ2n) is 4.94. The van der Waals surface area contributed by atoms with Gasteiger partial charge in [0.05, 0.1) is 0 Å². The Bertz CT molecular complexity index is 526. The molecule has 1 rings (SSSR count). The van der Waals surface area contributed by atoms with Gasteiger partial charge in [0.15, 0.2) is 0 Å². The zero-order chi connectivity index (χ0) is 15.3. The molecule has 6 heteroatoms. The van der Waals surface area contributed by atoms with Crippen LogP contribution >= 0.6 is 0 Å². The van der Waals surface area contributed by atoms with Crippen LogP contribution in [0.3, 0.4) is 0 Å². The number of nitrogens with two attached hydrogens (primary N) is 1. The van der Waals surface area contributed by atoms with Gasteiger partial charge in [-0.05, 0) is 30.5 Å². The summed E-state index contributed by atoms with van der Waals surface area (Å²) in [4.78, 5) is 34.1. The molecular formula is C14H18N2O4. The van der Waals surface area contributed by atoms with Crippen molar-refractivity contribution < 1.29 is 19.5 Å². The molecule has 0 aliphatic heterocycles. The molecule has 20 heavy (non-hydrogen) atoms. The summed E-state index contributed by atoms with van der Waals surface area (Å²) in [6.45, 7) is 3.74. The largest absolute Gasteiger partial charge is 0.480 e. The molecular weight excluding hydrogens is 260 g/mol. The van der Waals surface area contributed by atoms with E-state index in [9.17, 15) is 14.4 Å². The van der Waals surface area contributed by atoms with Crippen molar-refractivity contribution in [3.63, 3.8) is 0 Å². The van der Waals surface area contributed by atoms with Crippen LogP contribution in [0.25, 0.3) is 0 Å². The lowest BCUT2D eigenvalue weighted by atomic mass is 10.0. The Morgan fingerprint density at radius 1 is 1.25 bits per heavy atom. The highest BCUT2D eigenvalue weighted by molar-refractivity contribution is 6.00. The van der Waals surface area contributed by atoms with Crippen molar-refractivity contribution in [2.45, 2.75) is 26.3 Å². The normalized spacial score (nSPS) is 11.9. The van der Waals surface area contributed by atoms with E-state index in [0.717, 1.165) is 0 Å². The minimum Gasteiger partial charge on any atom is -0.480 e. The van der Waals surface area contributed by atoms with Gasteiger partial charge in [-0.15, -0.1) is 0 Å². The summed E-state index contributed by atoms with van der Waals surface area (Å²) in [5, 5.41) is 11.5. The Kier molecular flexibility index (Phi) is 5.25. The van der Waals surface area contributed by atoms with Crippen molar-refractivity contribution in [2.24, 2.45) is 11.7 Å². The van der Waals surface area contributed by atoms with Gasteiger partial charge in [-0.3, -0.25) is 9.59 Å². The van der Waals surface area contributed by atoms with E-state index in [1.807, 2.05) is 13.8 Å². The molecule has 1 atom stereocenters. The Morgan fingerprint density at radius 3 is 2.35 bits per heavy atom. The first-order valence-electron chi connectivity index (χ1n) is 6.24. The lowest BCUT2D eigenvalue weighted by Crippen LogP contribution is -2.41. The third-order valence-corrected chi connectivity index (χ3v) is 2.72. The number of nitrogens with one attached hydrogen (secondary N) is 1. The highest BCUT2D eigenvalue weighted by Gasteiger charge is 2.21. The van der Waals surface area contributed by atoms with Crippen molar-refractivity contribution in [3.05, 3.63) is 35.4 Å². The van der Waals surface area contributed by atoms with Crippen molar-refractivity contribution in [1.82, 2.24) is 5.32 Å². The van der Waals surface area contributed by atoms with Crippen LogP contribution in [0.5, 0.6) is 0 Å². The van der Waals surface area contributed by atoms with Gasteiger partial charge in [0.1, 0.15) is 6.04 Å². The van der Waals surface area contributed by atoms with Gasteiger partial charge >= 0.3 is 5.97 Å². The third kappa shape index (κ3) is 4.38. The highest BCUT2D eigenvalue weighted by atomic mass is 16.4. The van der Waals surface area contributed by atoms with Crippen LogP contribution in [0.1, 0.15) is 41.0 Å². The molecule has 0 bridgehead atoms. The smallest absolute Gasteiger partial charge is 0.326 e. The molecule has 1 aromatic carbocycles. The van der Waals surface area contributed by atoms with Gasteiger partial charge < -0.3 is 16.2 Å². The third-order valence-electron chi connectivity index (χ3n) is 2.72. The van der Waals surface area contributed by atoms with E-state index in [0.29, 0.717) is 6.42 Å². The van der Waals surface area contributed by atoms with Crippen molar-refractivity contribution in [2.75, 3.05) is 0 Å². The number of aliphatic carboxylic acids is 1. The predicted octanol–water partition coefficient (Wildman–Crippen LogP) is 1.01. The zero-order valence-electron chi connectivity index (χ0n) is 11.4. The van der Waals surface area contributed by atoms with E-state index in [2.05, 4.69) is 5.32 Å². The molecule has 0 saturated heterocycles. The van der Waals surface area contributed by atoms with Crippen molar-refractivity contribution >= 4 is 17.8 Å². The Hall–Kier alpha value is -2.37. The van der Waals surface area contributed by atoms with Crippen LogP contribution in [0.2, 0.25) is 0 Å². The molecule has 6 nitrogen and oxygen atoms in total. The first-order chi connectivity index (χ1) is 9.31. The summed E-state index contributed by atoms with van der Waals surface area (Å²) in [7, 11) is 0. The minimum atomic E-state index is -1.09. The summed E-state index contributed by atoms with van der Waals surface area (Å²) in [5.74, 6) is -2.13. The monoisotopic (exact) mass is 278 g/mol. The number of hydrogen-bond donors (Lipinski definition) is 3. The van der Waals surface area contributed by atoms with E-state index in [4.69, 9.17) is 10.8 Å². The fraction of sp³-hybridized carbons (Fsp3) is 0.357. The molecule has 4 N–H and O–H groups in total. The topological polar surface area (TPSA) is 109 Å². The van der Waals surface area contributed by atoms with Gasteiger partial charge in [0, 0.05) is 11.1 Å². The van der Waals surface area contributed by atoms with Crippen LogP contribution in [-0.2, 0) is 4.79 Å². The van der Waals surface area contributed by atoms with Gasteiger partial charge in [0.2, 0.25) is 5.91 Å². The number of carboxylic acid groups (broad SMARTS) is 1. The van der Waals surface area contributed by atoms with Crippen molar-refractivity contribution in [1.29, 1.82) is 0 Å². The molecule has 0 aliphatic rings. The predicted molar refractivity (Wildman–Crippen MR) is 73.3 cm³/mol. The summed E-state index contributed by atoms with van der Waals surface area (Å²) in [5.41, 5.74) is 5.54. The number of hydrogen-bond acceptors (Lipinski definition) is 3. The Morgan fingerprint density at radius 2 is 1.85 bits per heavy atom. The lowest BCUT2D eigenvalue weighted by molar-refractivity contribution is -0.139. The molecule has 0 unspecified atom stereocenters. The second kappa shape index (κ2) is 6.70. The van der Waals surface area contributed by atoms with E-state index in [-0.39, 0.29) is 17.0 Å². The molecule has 0 heterocycles. The number of carboxylic acids is 1. The number of amides is 2. The first kappa shape index (κ1) is 15.7. The fourth-order valence-electron chi connectivity index (χ4n) is 1.75. The molecule has 108 valence electrons. The standard InChI is InChI=1S/C14H18N2O4/c1-8(2)6-11(14(19)20)16-13(18)10-5-3-4-9(7-10)12(15)17/h3-5,7-8,11H,6H2,1-2H3,(H2,15,17)(H,16,18)(H,19,20)/t11-/m1/s1. The average molecular weight is 278 g/mol. The summed E-state index contributed by atoms with van der Waals surface area (Å²) >= 11 is 0. The van der Waals surface area contributed by atoms with Gasteiger partial charge in [-0.2, -0.15) is 0 Å². The van der Waals surface area contributed by atoms with Gasteiger partial charge in [0.25, 0.3) is 5.91 Å². The Labute approximate surface area is 117 Å². The minimum absolute atomic E-state index is 0.133. The van der Waals surface area contributed by atoms with E-state index in [1.165, 1.54) is 24.3 Å². The average Bonchev–Trinajstić information content (AvgIpc) is 2.37. The first-order valence-corrected chi connectivity index (χ1v) is 6.24. The Balaban J connectivity index is 2.86. The van der Waals surface area contributed by atoms with E-state index >= 15 is 0 Å². The molecule has 0 fully saturated rings. The van der Waals surface area contributed by atoms with Crippen LogP contribution in [-0.4, -0.2) is 28.9 Å². The molecule has 0 radical (unpaired) electrons.